The maximum absolute atomic E-state index is 11.9. The van der Waals surface area contributed by atoms with E-state index in [2.05, 4.69) is 4.72 Å². The summed E-state index contributed by atoms with van der Waals surface area (Å²) < 4.78 is 26.5. The van der Waals surface area contributed by atoms with Crippen LogP contribution in [0.15, 0.2) is 54.6 Å². The summed E-state index contributed by atoms with van der Waals surface area (Å²) in [5.41, 5.74) is 2.65. The van der Waals surface area contributed by atoms with Crippen molar-refractivity contribution < 1.29 is 13.5 Å². The highest BCUT2D eigenvalue weighted by molar-refractivity contribution is 7.92. The number of benzene rings is 2. The Hall–Kier alpha value is -1.85. The van der Waals surface area contributed by atoms with Gasteiger partial charge in [0, 0.05) is 6.61 Å². The molecule has 0 unspecified atom stereocenters. The lowest BCUT2D eigenvalue weighted by molar-refractivity contribution is 0.295. The molecule has 0 saturated carbocycles. The van der Waals surface area contributed by atoms with Crippen molar-refractivity contribution in [1.29, 1.82) is 0 Å². The van der Waals surface area contributed by atoms with Gasteiger partial charge in [-0.2, -0.15) is 0 Å². The molecule has 2 rings (SSSR count). The van der Waals surface area contributed by atoms with Crippen LogP contribution in [0.1, 0.15) is 17.5 Å². The summed E-state index contributed by atoms with van der Waals surface area (Å²) in [6.07, 6.45) is 0.899. The van der Waals surface area contributed by atoms with Crippen LogP contribution in [0, 0.1) is 0 Å². The van der Waals surface area contributed by atoms with Crippen LogP contribution >= 0.6 is 0 Å². The fraction of sp³-hybridized carbons (Fsp3) is 0.250. The fourth-order valence-electron chi connectivity index (χ4n) is 2.06. The van der Waals surface area contributed by atoms with Crippen molar-refractivity contribution in [3.05, 3.63) is 65.7 Å². The number of hydrogen-bond donors (Lipinski definition) is 2. The van der Waals surface area contributed by atoms with Gasteiger partial charge in [0.05, 0.1) is 11.4 Å². The van der Waals surface area contributed by atoms with Gasteiger partial charge in [0.1, 0.15) is 0 Å². The molecule has 0 aliphatic carbocycles. The third-order valence-corrected chi connectivity index (χ3v) is 4.45. The normalized spacial score (nSPS) is 11.3. The molecule has 0 aliphatic rings. The second-order valence-electron chi connectivity index (χ2n) is 4.82. The summed E-state index contributed by atoms with van der Waals surface area (Å²) in [5.74, 6) is -0.0802. The van der Waals surface area contributed by atoms with Crippen LogP contribution in [0.25, 0.3) is 0 Å². The predicted octanol–water partition coefficient (Wildman–Crippen LogP) is 2.40. The molecule has 0 radical (unpaired) electrons. The van der Waals surface area contributed by atoms with Crippen molar-refractivity contribution in [2.45, 2.75) is 12.8 Å². The average molecular weight is 305 g/mol. The lowest BCUT2D eigenvalue weighted by Crippen LogP contribution is -2.18. The quantitative estimate of drug-likeness (QED) is 0.825. The second kappa shape index (κ2) is 7.24. The third-order valence-electron chi connectivity index (χ3n) is 3.09. The molecule has 0 bridgehead atoms. The van der Waals surface area contributed by atoms with Crippen LogP contribution in [-0.4, -0.2) is 25.9 Å². The molecule has 0 heterocycles. The van der Waals surface area contributed by atoms with E-state index in [4.69, 9.17) is 5.11 Å². The molecule has 2 aromatic rings. The summed E-state index contributed by atoms with van der Waals surface area (Å²) >= 11 is 0. The van der Waals surface area contributed by atoms with Gasteiger partial charge in [0.2, 0.25) is 10.0 Å². The fourth-order valence-corrected chi connectivity index (χ4v) is 3.21. The molecule has 0 aliphatic heterocycles. The Bertz CT molecular complexity index is 669. The molecule has 0 aromatic heterocycles. The van der Waals surface area contributed by atoms with Gasteiger partial charge >= 0.3 is 0 Å². The van der Waals surface area contributed by atoms with E-state index in [1.165, 1.54) is 0 Å². The van der Waals surface area contributed by atoms with E-state index in [1.807, 2.05) is 42.5 Å². The number of rotatable bonds is 7. The Balaban J connectivity index is 2.17. The summed E-state index contributed by atoms with van der Waals surface area (Å²) in [5, 5.41) is 8.75. The highest BCUT2D eigenvalue weighted by atomic mass is 32.2. The number of aliphatic hydroxyl groups is 1. The summed E-state index contributed by atoms with van der Waals surface area (Å²) in [6, 6.07) is 17.3. The van der Waals surface area contributed by atoms with Crippen molar-refractivity contribution in [2.75, 3.05) is 17.1 Å². The van der Waals surface area contributed by atoms with Crippen molar-refractivity contribution in [3.8, 4) is 0 Å². The van der Waals surface area contributed by atoms with Gasteiger partial charge in [0.25, 0.3) is 0 Å². The highest BCUT2D eigenvalue weighted by Gasteiger charge is 2.12. The first kappa shape index (κ1) is 15.5. The van der Waals surface area contributed by atoms with Crippen molar-refractivity contribution in [1.82, 2.24) is 0 Å². The SMILES string of the molecule is O=S(=O)(CCCO)Nc1ccccc1Cc1ccccc1. The van der Waals surface area contributed by atoms with E-state index >= 15 is 0 Å². The molecule has 5 heteroatoms. The van der Waals surface area contributed by atoms with Gasteiger partial charge in [-0.1, -0.05) is 48.5 Å². The van der Waals surface area contributed by atoms with Crippen molar-refractivity contribution in [3.63, 3.8) is 0 Å². The molecule has 0 fully saturated rings. The van der Waals surface area contributed by atoms with Gasteiger partial charge in [-0.3, -0.25) is 4.72 Å². The van der Waals surface area contributed by atoms with E-state index in [9.17, 15) is 8.42 Å². The Kier molecular flexibility index (Phi) is 5.36. The molecule has 4 nitrogen and oxygen atoms in total. The molecular weight excluding hydrogens is 286 g/mol. The maximum Gasteiger partial charge on any atom is 0.232 e. The summed E-state index contributed by atoms with van der Waals surface area (Å²) in [7, 11) is -3.42. The first-order valence-corrected chi connectivity index (χ1v) is 8.49. The van der Waals surface area contributed by atoms with Crippen molar-refractivity contribution in [2.24, 2.45) is 0 Å². The topological polar surface area (TPSA) is 66.4 Å². The van der Waals surface area contributed by atoms with E-state index < -0.39 is 10.0 Å². The molecule has 21 heavy (non-hydrogen) atoms. The molecule has 112 valence electrons. The average Bonchev–Trinajstić information content (AvgIpc) is 2.48. The number of aliphatic hydroxyl groups excluding tert-OH is 1. The third kappa shape index (κ3) is 4.88. The Morgan fingerprint density at radius 2 is 1.62 bits per heavy atom. The zero-order chi connectivity index (χ0) is 15.1. The molecule has 2 N–H and O–H groups in total. The van der Waals surface area contributed by atoms with Crippen LogP contribution in [0.2, 0.25) is 0 Å². The van der Waals surface area contributed by atoms with E-state index in [0.717, 1.165) is 11.1 Å². The number of nitrogens with one attached hydrogen (secondary N) is 1. The van der Waals surface area contributed by atoms with Gasteiger partial charge < -0.3 is 5.11 Å². The van der Waals surface area contributed by atoms with Crippen LogP contribution in [0.4, 0.5) is 5.69 Å². The molecule has 0 saturated heterocycles. The van der Waals surface area contributed by atoms with Crippen LogP contribution in [0.5, 0.6) is 0 Å². The standard InChI is InChI=1S/C16H19NO3S/c18-11-6-12-21(19,20)17-16-10-5-4-9-15(16)13-14-7-2-1-3-8-14/h1-5,7-10,17-18H,6,11-13H2. The molecule has 0 amide bonds. The van der Waals surface area contributed by atoms with Crippen LogP contribution in [0.3, 0.4) is 0 Å². The smallest absolute Gasteiger partial charge is 0.232 e. The predicted molar refractivity (Wildman–Crippen MR) is 84.8 cm³/mol. The number of sulfonamides is 1. The highest BCUT2D eigenvalue weighted by Crippen LogP contribution is 2.20. The van der Waals surface area contributed by atoms with E-state index in [-0.39, 0.29) is 18.8 Å². The van der Waals surface area contributed by atoms with E-state index in [1.54, 1.807) is 12.1 Å². The maximum atomic E-state index is 11.9. The minimum absolute atomic E-state index is 0.0802. The monoisotopic (exact) mass is 305 g/mol. The lowest BCUT2D eigenvalue weighted by atomic mass is 10.0. The largest absolute Gasteiger partial charge is 0.396 e. The number of para-hydroxylation sites is 1. The summed E-state index contributed by atoms with van der Waals surface area (Å²) in [6.45, 7) is -0.132. The first-order valence-electron chi connectivity index (χ1n) is 6.84. The van der Waals surface area contributed by atoms with Crippen LogP contribution in [-0.2, 0) is 16.4 Å². The molecule has 0 spiro atoms. The Morgan fingerprint density at radius 3 is 2.33 bits per heavy atom. The van der Waals surface area contributed by atoms with Gasteiger partial charge in [-0.15, -0.1) is 0 Å². The van der Waals surface area contributed by atoms with Gasteiger partial charge in [-0.25, -0.2) is 8.42 Å². The number of hydrogen-bond acceptors (Lipinski definition) is 3. The zero-order valence-corrected chi connectivity index (χ0v) is 12.5. The Morgan fingerprint density at radius 1 is 0.952 bits per heavy atom. The Labute approximate surface area is 125 Å². The lowest BCUT2D eigenvalue weighted by Gasteiger charge is -2.12. The molecule has 0 atom stereocenters. The minimum atomic E-state index is -3.42. The van der Waals surface area contributed by atoms with Crippen molar-refractivity contribution >= 4 is 15.7 Å². The zero-order valence-electron chi connectivity index (χ0n) is 11.7. The van der Waals surface area contributed by atoms with Gasteiger partial charge in [-0.05, 0) is 30.0 Å². The molecule has 2 aromatic carbocycles. The van der Waals surface area contributed by atoms with Gasteiger partial charge in [0.15, 0.2) is 0 Å². The molecular formula is C16H19NO3S. The summed E-state index contributed by atoms with van der Waals surface area (Å²) in [4.78, 5) is 0. The second-order valence-corrected chi connectivity index (χ2v) is 6.66. The number of anilines is 1. The van der Waals surface area contributed by atoms with E-state index in [0.29, 0.717) is 12.1 Å². The van der Waals surface area contributed by atoms with Crippen LogP contribution < -0.4 is 4.72 Å². The minimum Gasteiger partial charge on any atom is -0.396 e. The first-order chi connectivity index (χ1) is 10.1.